The fraction of sp³-hybridized carbons (Fsp3) is 0.111. The van der Waals surface area contributed by atoms with Crippen molar-refractivity contribution in [2.75, 3.05) is 0 Å². The lowest BCUT2D eigenvalue weighted by atomic mass is 10.1. The third kappa shape index (κ3) is 3.16. The van der Waals surface area contributed by atoms with Gasteiger partial charge in [0.1, 0.15) is 5.82 Å². The first-order valence-corrected chi connectivity index (χ1v) is 7.84. The molecule has 1 N–H and O–H groups in total. The number of rotatable bonds is 2. The summed E-state index contributed by atoms with van der Waals surface area (Å²) in [4.78, 5) is 19.5. The molecule has 0 amide bonds. The van der Waals surface area contributed by atoms with Gasteiger partial charge in [-0.3, -0.25) is 4.79 Å². The molecule has 1 aromatic heterocycles. The van der Waals surface area contributed by atoms with Gasteiger partial charge in [0.15, 0.2) is 0 Å². The van der Waals surface area contributed by atoms with Gasteiger partial charge in [-0.15, -0.1) is 0 Å². The average molecular weight is 345 g/mol. The van der Waals surface area contributed by atoms with Crippen LogP contribution in [0.2, 0.25) is 10.0 Å². The van der Waals surface area contributed by atoms with Crippen LogP contribution >= 0.6 is 23.2 Å². The Hall–Kier alpha value is -2.10. The predicted molar refractivity (Wildman–Crippen MR) is 97.2 cm³/mol. The van der Waals surface area contributed by atoms with Crippen LogP contribution in [0.4, 0.5) is 0 Å². The number of aryl methyl sites for hydroxylation is 2. The van der Waals surface area contributed by atoms with Gasteiger partial charge in [0.05, 0.1) is 20.9 Å². The topological polar surface area (TPSA) is 45.8 Å². The van der Waals surface area contributed by atoms with Crippen molar-refractivity contribution < 1.29 is 0 Å². The van der Waals surface area contributed by atoms with Gasteiger partial charge < -0.3 is 4.98 Å². The van der Waals surface area contributed by atoms with Crippen LogP contribution in [0, 0.1) is 13.8 Å². The zero-order chi connectivity index (χ0) is 16.6. The van der Waals surface area contributed by atoms with Gasteiger partial charge in [0.2, 0.25) is 0 Å². The Labute approximate surface area is 143 Å². The van der Waals surface area contributed by atoms with E-state index in [4.69, 9.17) is 23.2 Å². The van der Waals surface area contributed by atoms with E-state index in [0.717, 1.165) is 22.2 Å². The standard InChI is InChI=1S/C18H14Cl2N2O/c1-10-3-6-13-17(11(10)2)21-16(22-18(13)23)8-5-12-4-7-14(19)15(20)9-12/h3-9H,1-2H3,(H,21,22,23)/b8-5+. The summed E-state index contributed by atoms with van der Waals surface area (Å²) in [6.45, 7) is 3.97. The van der Waals surface area contributed by atoms with Crippen molar-refractivity contribution in [3.63, 3.8) is 0 Å². The van der Waals surface area contributed by atoms with Crippen molar-refractivity contribution in [2.24, 2.45) is 0 Å². The van der Waals surface area contributed by atoms with Crippen molar-refractivity contribution in [2.45, 2.75) is 13.8 Å². The van der Waals surface area contributed by atoms with Gasteiger partial charge in [-0.1, -0.05) is 41.4 Å². The van der Waals surface area contributed by atoms with E-state index in [1.807, 2.05) is 32.1 Å². The Kier molecular flexibility index (Phi) is 4.24. The monoisotopic (exact) mass is 344 g/mol. The lowest BCUT2D eigenvalue weighted by Gasteiger charge is -2.05. The number of aromatic amines is 1. The van der Waals surface area contributed by atoms with Gasteiger partial charge in [-0.25, -0.2) is 4.98 Å². The highest BCUT2D eigenvalue weighted by atomic mass is 35.5. The van der Waals surface area contributed by atoms with Crippen LogP contribution in [0.3, 0.4) is 0 Å². The minimum Gasteiger partial charge on any atom is -0.306 e. The van der Waals surface area contributed by atoms with E-state index in [2.05, 4.69) is 9.97 Å². The van der Waals surface area contributed by atoms with Crippen molar-refractivity contribution in [1.82, 2.24) is 9.97 Å². The third-order valence-corrected chi connectivity index (χ3v) is 4.54. The van der Waals surface area contributed by atoms with Crippen LogP contribution in [0.5, 0.6) is 0 Å². The van der Waals surface area contributed by atoms with Crippen LogP contribution in [-0.2, 0) is 0 Å². The molecule has 2 aromatic carbocycles. The number of hydrogen-bond donors (Lipinski definition) is 1. The second-order valence-electron chi connectivity index (χ2n) is 5.36. The quantitative estimate of drug-likeness (QED) is 0.709. The zero-order valence-electron chi connectivity index (χ0n) is 12.7. The number of fused-ring (bicyclic) bond motifs is 1. The number of benzene rings is 2. The molecule has 3 aromatic rings. The molecule has 0 spiro atoms. The minimum atomic E-state index is -0.146. The Morgan fingerprint density at radius 1 is 1.04 bits per heavy atom. The van der Waals surface area contributed by atoms with E-state index < -0.39 is 0 Å². The number of nitrogens with one attached hydrogen (secondary N) is 1. The molecule has 5 heteroatoms. The summed E-state index contributed by atoms with van der Waals surface area (Å²) in [7, 11) is 0. The first-order valence-electron chi connectivity index (χ1n) is 7.09. The average Bonchev–Trinajstić information content (AvgIpc) is 2.52. The maximum absolute atomic E-state index is 12.2. The Balaban J connectivity index is 2.06. The summed E-state index contributed by atoms with van der Waals surface area (Å²) >= 11 is 11.9. The molecule has 0 unspecified atom stereocenters. The highest BCUT2D eigenvalue weighted by molar-refractivity contribution is 6.42. The Morgan fingerprint density at radius 3 is 2.57 bits per heavy atom. The zero-order valence-corrected chi connectivity index (χ0v) is 14.2. The molecule has 0 bridgehead atoms. The molecule has 23 heavy (non-hydrogen) atoms. The summed E-state index contributed by atoms with van der Waals surface area (Å²) in [6, 6.07) is 9.07. The second kappa shape index (κ2) is 6.19. The summed E-state index contributed by atoms with van der Waals surface area (Å²) in [5.74, 6) is 0.502. The van der Waals surface area contributed by atoms with Crippen molar-refractivity contribution in [3.05, 3.63) is 73.2 Å². The van der Waals surface area contributed by atoms with Crippen molar-refractivity contribution in [3.8, 4) is 0 Å². The van der Waals surface area contributed by atoms with Crippen molar-refractivity contribution in [1.29, 1.82) is 0 Å². The molecule has 0 radical (unpaired) electrons. The lowest BCUT2D eigenvalue weighted by molar-refractivity contribution is 1.13. The predicted octanol–water partition coefficient (Wildman–Crippen LogP) is 5.02. The second-order valence-corrected chi connectivity index (χ2v) is 6.18. The first-order chi connectivity index (χ1) is 11.0. The minimum absolute atomic E-state index is 0.146. The first kappa shape index (κ1) is 15.8. The molecule has 0 fully saturated rings. The maximum atomic E-state index is 12.2. The van der Waals surface area contributed by atoms with Crippen LogP contribution in [-0.4, -0.2) is 9.97 Å². The molecule has 3 rings (SSSR count). The summed E-state index contributed by atoms with van der Waals surface area (Å²) < 4.78 is 0. The van der Waals surface area contributed by atoms with E-state index in [1.54, 1.807) is 24.3 Å². The Bertz CT molecular complexity index is 990. The molecular formula is C18H14Cl2N2O. The molecule has 1 heterocycles. The SMILES string of the molecule is Cc1ccc2c(=O)[nH]c(/C=C/c3ccc(Cl)c(Cl)c3)nc2c1C. The van der Waals surface area contributed by atoms with Crippen LogP contribution in [0.25, 0.3) is 23.1 Å². The molecule has 0 aliphatic rings. The van der Waals surface area contributed by atoms with Crippen LogP contribution in [0.15, 0.2) is 35.1 Å². The molecule has 0 atom stereocenters. The smallest absolute Gasteiger partial charge is 0.259 e. The molecule has 0 aliphatic heterocycles. The molecule has 3 nitrogen and oxygen atoms in total. The van der Waals surface area contributed by atoms with E-state index in [-0.39, 0.29) is 5.56 Å². The summed E-state index contributed by atoms with van der Waals surface area (Å²) in [5, 5.41) is 1.59. The van der Waals surface area contributed by atoms with E-state index in [0.29, 0.717) is 21.3 Å². The summed E-state index contributed by atoms with van der Waals surface area (Å²) in [6.07, 6.45) is 3.58. The number of H-pyrrole nitrogens is 1. The fourth-order valence-corrected chi connectivity index (χ4v) is 2.64. The number of hydrogen-bond acceptors (Lipinski definition) is 2. The normalized spacial score (nSPS) is 11.5. The largest absolute Gasteiger partial charge is 0.306 e. The Morgan fingerprint density at radius 2 is 1.83 bits per heavy atom. The molecule has 0 aliphatic carbocycles. The van der Waals surface area contributed by atoms with Crippen LogP contribution in [0.1, 0.15) is 22.5 Å². The van der Waals surface area contributed by atoms with Gasteiger partial charge in [0.25, 0.3) is 5.56 Å². The van der Waals surface area contributed by atoms with Gasteiger partial charge in [-0.2, -0.15) is 0 Å². The summed E-state index contributed by atoms with van der Waals surface area (Å²) in [5.41, 5.74) is 3.57. The number of halogens is 2. The fourth-order valence-electron chi connectivity index (χ4n) is 2.33. The van der Waals surface area contributed by atoms with Crippen molar-refractivity contribution >= 4 is 46.3 Å². The van der Waals surface area contributed by atoms with Crippen LogP contribution < -0.4 is 5.56 Å². The van der Waals surface area contributed by atoms with Gasteiger partial charge in [-0.05, 0) is 54.8 Å². The van der Waals surface area contributed by atoms with E-state index >= 15 is 0 Å². The van der Waals surface area contributed by atoms with Gasteiger partial charge >= 0.3 is 0 Å². The van der Waals surface area contributed by atoms with E-state index in [1.165, 1.54) is 0 Å². The maximum Gasteiger partial charge on any atom is 0.259 e. The highest BCUT2D eigenvalue weighted by Crippen LogP contribution is 2.23. The highest BCUT2D eigenvalue weighted by Gasteiger charge is 2.06. The molecular weight excluding hydrogens is 331 g/mol. The number of aromatic nitrogens is 2. The third-order valence-electron chi connectivity index (χ3n) is 3.80. The molecule has 116 valence electrons. The van der Waals surface area contributed by atoms with E-state index in [9.17, 15) is 4.79 Å². The number of nitrogens with zero attached hydrogens (tertiary/aromatic N) is 1. The molecule has 0 saturated carbocycles. The lowest BCUT2D eigenvalue weighted by Crippen LogP contribution is -2.10. The van der Waals surface area contributed by atoms with Gasteiger partial charge in [0, 0.05) is 0 Å². The molecule has 0 saturated heterocycles.